The summed E-state index contributed by atoms with van der Waals surface area (Å²) in [5, 5.41) is 3.53. The summed E-state index contributed by atoms with van der Waals surface area (Å²) in [5.74, 6) is 0. The van der Waals surface area contributed by atoms with Gasteiger partial charge in [-0.15, -0.1) is 23.9 Å². The molecule has 1 nitrogen and oxygen atoms in total. The molecule has 0 unspecified atom stereocenters. The Bertz CT molecular complexity index is 682. The van der Waals surface area contributed by atoms with Gasteiger partial charge in [-0.25, -0.2) is 0 Å². The molecular weight excluding hydrogens is 246 g/mol. The van der Waals surface area contributed by atoms with E-state index in [-0.39, 0.29) is 0 Å². The second kappa shape index (κ2) is 4.84. The van der Waals surface area contributed by atoms with Crippen LogP contribution in [0.2, 0.25) is 6.55 Å². The second-order valence-corrected chi connectivity index (χ2v) is 8.35. The molecule has 0 bridgehead atoms. The van der Waals surface area contributed by atoms with Crippen molar-refractivity contribution in [2.45, 2.75) is 6.55 Å². The van der Waals surface area contributed by atoms with Gasteiger partial charge in [-0.05, 0) is 23.2 Å². The molecule has 2 aromatic rings. The van der Waals surface area contributed by atoms with E-state index in [2.05, 4.69) is 46.3 Å². The molecule has 0 atom stereocenters. The molecule has 0 aromatic heterocycles. The van der Waals surface area contributed by atoms with Crippen molar-refractivity contribution < 1.29 is 0 Å². The third-order valence-corrected chi connectivity index (χ3v) is 6.13. The summed E-state index contributed by atoms with van der Waals surface area (Å²) < 4.78 is 0. The van der Waals surface area contributed by atoms with E-state index < -0.39 is 8.07 Å². The Labute approximate surface area is 116 Å². The number of rotatable bonds is 2. The van der Waals surface area contributed by atoms with Crippen LogP contribution in [0.1, 0.15) is 0 Å². The molecule has 0 saturated heterocycles. The highest BCUT2D eigenvalue weighted by Crippen LogP contribution is 2.25. The SMILES string of the molecule is C#C[Si](C)(C#C)c1cccc2cccc(N(C)C)c12. The minimum atomic E-state index is -2.29. The number of hydrogen-bond acceptors (Lipinski definition) is 1. The highest BCUT2D eigenvalue weighted by atomic mass is 28.3. The molecule has 0 N–H and O–H groups in total. The topological polar surface area (TPSA) is 3.24 Å². The van der Waals surface area contributed by atoms with Crippen LogP contribution in [0.25, 0.3) is 10.8 Å². The molecular formula is C17H17NSi. The molecule has 0 aliphatic heterocycles. The summed E-state index contributed by atoms with van der Waals surface area (Å²) in [4.78, 5) is 2.10. The second-order valence-electron chi connectivity index (χ2n) is 4.99. The van der Waals surface area contributed by atoms with Gasteiger partial charge < -0.3 is 4.90 Å². The monoisotopic (exact) mass is 263 g/mol. The predicted octanol–water partition coefficient (Wildman–Crippen LogP) is 2.54. The van der Waals surface area contributed by atoms with Crippen molar-refractivity contribution in [1.29, 1.82) is 0 Å². The van der Waals surface area contributed by atoms with E-state index in [1.165, 1.54) is 10.8 Å². The lowest BCUT2D eigenvalue weighted by Gasteiger charge is -2.22. The third kappa shape index (κ3) is 2.12. The highest BCUT2D eigenvalue weighted by Gasteiger charge is 2.28. The van der Waals surface area contributed by atoms with Crippen LogP contribution < -0.4 is 10.1 Å². The first-order valence-electron chi connectivity index (χ1n) is 6.18. The molecule has 0 amide bonds. The van der Waals surface area contributed by atoms with Crippen molar-refractivity contribution in [3.8, 4) is 23.9 Å². The van der Waals surface area contributed by atoms with Crippen LogP contribution in [0, 0.1) is 23.9 Å². The van der Waals surface area contributed by atoms with Crippen molar-refractivity contribution in [3.05, 3.63) is 36.4 Å². The molecule has 0 radical (unpaired) electrons. The standard InChI is InChI=1S/C17H17NSi/c1-6-19(5,7-2)16-13-9-11-14-10-8-12-15(17(14)16)18(3)4/h1-2,8-13H,3-5H3. The van der Waals surface area contributed by atoms with E-state index in [4.69, 9.17) is 12.8 Å². The van der Waals surface area contributed by atoms with Gasteiger partial charge in [0.2, 0.25) is 8.07 Å². The van der Waals surface area contributed by atoms with E-state index in [0.29, 0.717) is 0 Å². The van der Waals surface area contributed by atoms with Gasteiger partial charge in [-0.1, -0.05) is 30.3 Å². The molecule has 94 valence electrons. The molecule has 2 aromatic carbocycles. The summed E-state index contributed by atoms with van der Waals surface area (Å²) in [6.07, 6.45) is 11.4. The van der Waals surface area contributed by atoms with E-state index in [1.54, 1.807) is 0 Å². The lowest BCUT2D eigenvalue weighted by Crippen LogP contribution is -2.43. The maximum atomic E-state index is 5.72. The smallest absolute Gasteiger partial charge is 0.243 e. The number of fused-ring (bicyclic) bond motifs is 1. The average Bonchev–Trinajstić information content (AvgIpc) is 2.45. The lowest BCUT2D eigenvalue weighted by atomic mass is 10.1. The first-order valence-corrected chi connectivity index (χ1v) is 8.68. The van der Waals surface area contributed by atoms with E-state index in [9.17, 15) is 0 Å². The fraction of sp³-hybridized carbons (Fsp3) is 0.176. The van der Waals surface area contributed by atoms with E-state index in [1.807, 2.05) is 26.7 Å². The van der Waals surface area contributed by atoms with Crippen molar-refractivity contribution in [2.24, 2.45) is 0 Å². The van der Waals surface area contributed by atoms with Crippen LogP contribution in [0.3, 0.4) is 0 Å². The molecule has 2 heteroatoms. The fourth-order valence-corrected chi connectivity index (χ4v) is 3.90. The van der Waals surface area contributed by atoms with Crippen molar-refractivity contribution >= 4 is 29.7 Å². The quantitative estimate of drug-likeness (QED) is 0.594. The minimum Gasteiger partial charge on any atom is -0.377 e. The third-order valence-electron chi connectivity index (χ3n) is 3.48. The van der Waals surface area contributed by atoms with E-state index >= 15 is 0 Å². The van der Waals surface area contributed by atoms with Gasteiger partial charge in [-0.2, -0.15) is 0 Å². The first kappa shape index (κ1) is 13.3. The van der Waals surface area contributed by atoms with Gasteiger partial charge in [0.15, 0.2) is 0 Å². The fourth-order valence-electron chi connectivity index (χ4n) is 2.31. The van der Waals surface area contributed by atoms with Crippen LogP contribution >= 0.6 is 0 Å². The van der Waals surface area contributed by atoms with Crippen LogP contribution in [0.15, 0.2) is 36.4 Å². The van der Waals surface area contributed by atoms with Crippen molar-refractivity contribution in [1.82, 2.24) is 0 Å². The number of hydrogen-bond donors (Lipinski definition) is 0. The summed E-state index contributed by atoms with van der Waals surface area (Å²) in [6, 6.07) is 12.5. The zero-order valence-corrected chi connectivity index (χ0v) is 12.6. The Morgan fingerprint density at radius 2 is 1.58 bits per heavy atom. The molecule has 0 aliphatic rings. The predicted molar refractivity (Wildman–Crippen MR) is 87.2 cm³/mol. The normalized spacial score (nSPS) is 10.8. The van der Waals surface area contributed by atoms with E-state index in [0.717, 1.165) is 10.9 Å². The molecule has 0 heterocycles. The minimum absolute atomic E-state index is 1.15. The van der Waals surface area contributed by atoms with Gasteiger partial charge in [0.1, 0.15) is 0 Å². The Morgan fingerprint density at radius 3 is 2.11 bits per heavy atom. The van der Waals surface area contributed by atoms with Crippen molar-refractivity contribution in [2.75, 3.05) is 19.0 Å². The van der Waals surface area contributed by atoms with Gasteiger partial charge in [-0.3, -0.25) is 0 Å². The van der Waals surface area contributed by atoms with Gasteiger partial charge in [0, 0.05) is 25.2 Å². The molecule has 2 rings (SSSR count). The Morgan fingerprint density at radius 1 is 1.00 bits per heavy atom. The summed E-state index contributed by atoms with van der Waals surface area (Å²) in [7, 11) is 1.79. The van der Waals surface area contributed by atoms with Gasteiger partial charge >= 0.3 is 0 Å². The number of benzene rings is 2. The Hall–Kier alpha value is -2.16. The summed E-state index contributed by atoms with van der Waals surface area (Å²) in [6.45, 7) is 2.05. The Balaban J connectivity index is 2.91. The number of nitrogens with zero attached hydrogens (tertiary/aromatic N) is 1. The maximum absolute atomic E-state index is 5.72. The van der Waals surface area contributed by atoms with Gasteiger partial charge in [0.05, 0.1) is 0 Å². The van der Waals surface area contributed by atoms with Crippen LogP contribution in [0.4, 0.5) is 5.69 Å². The van der Waals surface area contributed by atoms with Gasteiger partial charge in [0.25, 0.3) is 0 Å². The average molecular weight is 263 g/mol. The zero-order chi connectivity index (χ0) is 14.0. The molecule has 0 saturated carbocycles. The molecule has 19 heavy (non-hydrogen) atoms. The first-order chi connectivity index (χ1) is 9.03. The van der Waals surface area contributed by atoms with Crippen LogP contribution in [0.5, 0.6) is 0 Å². The highest BCUT2D eigenvalue weighted by molar-refractivity contribution is 7.04. The lowest BCUT2D eigenvalue weighted by molar-refractivity contribution is 1.14. The largest absolute Gasteiger partial charge is 0.377 e. The number of anilines is 1. The molecule has 0 aliphatic carbocycles. The van der Waals surface area contributed by atoms with Crippen LogP contribution in [-0.2, 0) is 0 Å². The maximum Gasteiger partial charge on any atom is 0.243 e. The number of terminal acetylenes is 2. The van der Waals surface area contributed by atoms with Crippen LogP contribution in [-0.4, -0.2) is 22.2 Å². The molecule has 0 spiro atoms. The summed E-state index contributed by atoms with van der Waals surface area (Å²) >= 11 is 0. The van der Waals surface area contributed by atoms with Crippen molar-refractivity contribution in [3.63, 3.8) is 0 Å². The Kier molecular flexibility index (Phi) is 3.38. The zero-order valence-electron chi connectivity index (χ0n) is 11.6. The molecule has 0 fully saturated rings. The summed E-state index contributed by atoms with van der Waals surface area (Å²) in [5.41, 5.74) is 6.94.